The summed E-state index contributed by atoms with van der Waals surface area (Å²) in [6.07, 6.45) is 6.51. The summed E-state index contributed by atoms with van der Waals surface area (Å²) < 4.78 is 5.53. The van der Waals surface area contributed by atoms with E-state index < -0.39 is 0 Å². The van der Waals surface area contributed by atoms with E-state index in [0.29, 0.717) is 0 Å². The molecule has 0 unspecified atom stereocenters. The van der Waals surface area contributed by atoms with Gasteiger partial charge >= 0.3 is 0 Å². The summed E-state index contributed by atoms with van der Waals surface area (Å²) in [5.74, 6) is 0.952. The molecule has 0 saturated carbocycles. The zero-order chi connectivity index (χ0) is 12.3. The first-order valence-corrected chi connectivity index (χ1v) is 6.47. The van der Waals surface area contributed by atoms with Gasteiger partial charge < -0.3 is 10.1 Å². The molecule has 0 saturated heterocycles. The Hall–Kier alpha value is -1.28. The van der Waals surface area contributed by atoms with Crippen LogP contribution in [0.5, 0.6) is 5.75 Å². The number of benzene rings is 1. The minimum absolute atomic E-state index is 0.788. The molecule has 1 N–H and O–H groups in total. The molecule has 94 valence electrons. The van der Waals surface area contributed by atoms with Crippen molar-refractivity contribution >= 4 is 6.08 Å². The average molecular weight is 233 g/mol. The van der Waals surface area contributed by atoms with Crippen LogP contribution in [-0.2, 0) is 0 Å². The second kappa shape index (κ2) is 8.82. The summed E-state index contributed by atoms with van der Waals surface area (Å²) in [7, 11) is 0. The Balaban J connectivity index is 2.34. The molecule has 0 atom stereocenters. The third kappa shape index (κ3) is 6.12. The summed E-state index contributed by atoms with van der Waals surface area (Å²) >= 11 is 0. The molecule has 0 heterocycles. The van der Waals surface area contributed by atoms with Crippen LogP contribution in [0.1, 0.15) is 32.3 Å². The molecule has 0 aliphatic rings. The van der Waals surface area contributed by atoms with Gasteiger partial charge in [-0.1, -0.05) is 38.1 Å². The highest BCUT2D eigenvalue weighted by Gasteiger charge is 1.92. The third-order valence-electron chi connectivity index (χ3n) is 2.35. The van der Waals surface area contributed by atoms with E-state index in [1.165, 1.54) is 12.0 Å². The number of hydrogen-bond donors (Lipinski definition) is 1. The van der Waals surface area contributed by atoms with Crippen molar-refractivity contribution in [3.05, 3.63) is 35.9 Å². The van der Waals surface area contributed by atoms with Crippen molar-refractivity contribution in [2.45, 2.75) is 26.7 Å². The highest BCUT2D eigenvalue weighted by atomic mass is 16.5. The van der Waals surface area contributed by atoms with Crippen LogP contribution in [-0.4, -0.2) is 19.7 Å². The number of hydrogen-bond acceptors (Lipinski definition) is 2. The standard InChI is InChI=1S/C15H23NO/c1-3-11-16-12-5-6-14-7-9-15(10-8-14)17-13-4-2/h5-10,16H,3-4,11-13H2,1-2H3. The van der Waals surface area contributed by atoms with E-state index in [2.05, 4.69) is 43.4 Å². The lowest BCUT2D eigenvalue weighted by Crippen LogP contribution is -2.13. The van der Waals surface area contributed by atoms with Crippen LogP contribution < -0.4 is 10.1 Å². The van der Waals surface area contributed by atoms with Crippen LogP contribution >= 0.6 is 0 Å². The van der Waals surface area contributed by atoms with E-state index in [0.717, 1.165) is 31.9 Å². The van der Waals surface area contributed by atoms with Gasteiger partial charge in [0.25, 0.3) is 0 Å². The van der Waals surface area contributed by atoms with Crippen molar-refractivity contribution in [1.29, 1.82) is 0 Å². The summed E-state index contributed by atoms with van der Waals surface area (Å²) in [5.41, 5.74) is 1.21. The molecule has 17 heavy (non-hydrogen) atoms. The van der Waals surface area contributed by atoms with Crippen LogP contribution in [0.2, 0.25) is 0 Å². The number of ether oxygens (including phenoxy) is 1. The van der Waals surface area contributed by atoms with Crippen molar-refractivity contribution in [2.24, 2.45) is 0 Å². The van der Waals surface area contributed by atoms with Gasteiger partial charge in [0.2, 0.25) is 0 Å². The molecule has 0 aromatic heterocycles. The molecule has 0 aliphatic carbocycles. The maximum Gasteiger partial charge on any atom is 0.119 e. The predicted molar refractivity (Wildman–Crippen MR) is 74.4 cm³/mol. The summed E-state index contributed by atoms with van der Waals surface area (Å²) in [4.78, 5) is 0. The fourth-order valence-electron chi connectivity index (χ4n) is 1.45. The highest BCUT2D eigenvalue weighted by Crippen LogP contribution is 2.13. The Morgan fingerprint density at radius 2 is 1.88 bits per heavy atom. The molecule has 1 rings (SSSR count). The van der Waals surface area contributed by atoms with Gasteiger partial charge in [0, 0.05) is 6.54 Å². The minimum Gasteiger partial charge on any atom is -0.494 e. The zero-order valence-corrected chi connectivity index (χ0v) is 10.9. The Morgan fingerprint density at radius 1 is 1.12 bits per heavy atom. The SMILES string of the molecule is CCCNCC=Cc1ccc(OCCC)cc1. The maximum atomic E-state index is 5.53. The third-order valence-corrected chi connectivity index (χ3v) is 2.35. The quantitative estimate of drug-likeness (QED) is 0.694. The number of rotatable bonds is 8. The van der Waals surface area contributed by atoms with Crippen molar-refractivity contribution in [3.63, 3.8) is 0 Å². The first kappa shape index (κ1) is 13.8. The molecule has 0 radical (unpaired) electrons. The fourth-order valence-corrected chi connectivity index (χ4v) is 1.45. The summed E-state index contributed by atoms with van der Waals surface area (Å²) in [6.45, 7) is 7.08. The second-order valence-corrected chi connectivity index (χ2v) is 4.02. The molecule has 0 spiro atoms. The maximum absolute atomic E-state index is 5.53. The van der Waals surface area contributed by atoms with Crippen molar-refractivity contribution < 1.29 is 4.74 Å². The molecule has 2 heteroatoms. The van der Waals surface area contributed by atoms with Crippen molar-refractivity contribution in [3.8, 4) is 5.75 Å². The molecule has 0 bridgehead atoms. The summed E-state index contributed by atoms with van der Waals surface area (Å²) in [5, 5.41) is 3.33. The van der Waals surface area contributed by atoms with Gasteiger partial charge in [-0.15, -0.1) is 0 Å². The van der Waals surface area contributed by atoms with Crippen LogP contribution in [0.25, 0.3) is 6.08 Å². The molecule has 2 nitrogen and oxygen atoms in total. The van der Waals surface area contributed by atoms with Gasteiger partial charge in [0.15, 0.2) is 0 Å². The lowest BCUT2D eigenvalue weighted by Gasteiger charge is -2.04. The Kier molecular flexibility index (Phi) is 7.15. The van der Waals surface area contributed by atoms with Gasteiger partial charge in [0.1, 0.15) is 5.75 Å². The zero-order valence-electron chi connectivity index (χ0n) is 10.9. The monoisotopic (exact) mass is 233 g/mol. The van der Waals surface area contributed by atoms with E-state index in [9.17, 15) is 0 Å². The van der Waals surface area contributed by atoms with Crippen molar-refractivity contribution in [2.75, 3.05) is 19.7 Å². The first-order chi connectivity index (χ1) is 8.36. The molecule has 0 fully saturated rings. The Morgan fingerprint density at radius 3 is 2.53 bits per heavy atom. The lowest BCUT2D eigenvalue weighted by atomic mass is 10.2. The van der Waals surface area contributed by atoms with Crippen molar-refractivity contribution in [1.82, 2.24) is 5.32 Å². The van der Waals surface area contributed by atoms with Gasteiger partial charge in [-0.25, -0.2) is 0 Å². The molecule has 0 aliphatic heterocycles. The summed E-state index contributed by atoms with van der Waals surface area (Å²) in [6, 6.07) is 8.21. The first-order valence-electron chi connectivity index (χ1n) is 6.47. The van der Waals surface area contributed by atoms with Gasteiger partial charge in [-0.2, -0.15) is 0 Å². The molecular weight excluding hydrogens is 210 g/mol. The van der Waals surface area contributed by atoms with E-state index in [1.54, 1.807) is 0 Å². The normalized spacial score (nSPS) is 10.9. The molecule has 1 aromatic rings. The second-order valence-electron chi connectivity index (χ2n) is 4.02. The van der Waals surface area contributed by atoms with Crippen LogP contribution in [0.15, 0.2) is 30.3 Å². The smallest absolute Gasteiger partial charge is 0.119 e. The van der Waals surface area contributed by atoms with Gasteiger partial charge in [-0.3, -0.25) is 0 Å². The minimum atomic E-state index is 0.788. The molecular formula is C15H23NO. The van der Waals surface area contributed by atoms with E-state index in [-0.39, 0.29) is 0 Å². The fraction of sp³-hybridized carbons (Fsp3) is 0.467. The van der Waals surface area contributed by atoms with Crippen LogP contribution in [0.3, 0.4) is 0 Å². The Labute approximate surface area is 105 Å². The van der Waals surface area contributed by atoms with Crippen LogP contribution in [0, 0.1) is 0 Å². The van der Waals surface area contributed by atoms with E-state index in [4.69, 9.17) is 4.74 Å². The number of nitrogens with one attached hydrogen (secondary N) is 1. The largest absolute Gasteiger partial charge is 0.494 e. The van der Waals surface area contributed by atoms with Gasteiger partial charge in [0.05, 0.1) is 6.61 Å². The predicted octanol–water partition coefficient (Wildman–Crippen LogP) is 3.49. The van der Waals surface area contributed by atoms with E-state index in [1.807, 2.05) is 12.1 Å². The van der Waals surface area contributed by atoms with Crippen LogP contribution in [0.4, 0.5) is 0 Å². The van der Waals surface area contributed by atoms with E-state index >= 15 is 0 Å². The highest BCUT2D eigenvalue weighted by molar-refractivity contribution is 5.50. The molecule has 0 amide bonds. The lowest BCUT2D eigenvalue weighted by molar-refractivity contribution is 0.317. The van der Waals surface area contributed by atoms with Gasteiger partial charge in [-0.05, 0) is 37.1 Å². The Bertz CT molecular complexity index is 316. The molecule has 1 aromatic carbocycles. The average Bonchev–Trinajstić information content (AvgIpc) is 2.37. The topological polar surface area (TPSA) is 21.3 Å².